The first-order valence-corrected chi connectivity index (χ1v) is 7.60. The highest BCUT2D eigenvalue weighted by molar-refractivity contribution is 5.94. The first-order chi connectivity index (χ1) is 10.7. The second-order valence-electron chi connectivity index (χ2n) is 5.58. The van der Waals surface area contributed by atoms with Crippen LogP contribution in [0.1, 0.15) is 28.7 Å². The van der Waals surface area contributed by atoms with Crippen molar-refractivity contribution in [3.8, 4) is 0 Å². The number of aromatic nitrogens is 2. The van der Waals surface area contributed by atoms with Crippen LogP contribution in [0.3, 0.4) is 0 Å². The number of amides is 1. The van der Waals surface area contributed by atoms with Crippen molar-refractivity contribution in [1.29, 1.82) is 0 Å². The van der Waals surface area contributed by atoms with E-state index in [9.17, 15) is 4.79 Å². The number of nitrogens with zero attached hydrogens (tertiary/aromatic N) is 1. The largest absolute Gasteiger partial charge is 0.383 e. The van der Waals surface area contributed by atoms with Crippen LogP contribution in [0, 0.1) is 0 Å². The second-order valence-corrected chi connectivity index (χ2v) is 5.58. The van der Waals surface area contributed by atoms with Crippen LogP contribution in [-0.2, 0) is 13.0 Å². The van der Waals surface area contributed by atoms with Crippen molar-refractivity contribution in [3.63, 3.8) is 0 Å². The van der Waals surface area contributed by atoms with E-state index in [0.29, 0.717) is 18.8 Å². The Morgan fingerprint density at radius 1 is 1.36 bits per heavy atom. The fourth-order valence-corrected chi connectivity index (χ4v) is 2.58. The number of para-hydroxylation sites is 1. The topological polar surface area (TPSA) is 81.8 Å². The number of benzene rings is 1. The molecule has 1 atom stereocenters. The lowest BCUT2D eigenvalue weighted by Crippen LogP contribution is -2.38. The average Bonchev–Trinajstić information content (AvgIpc) is 2.98. The zero-order chi connectivity index (χ0) is 15.4. The highest BCUT2D eigenvalue weighted by Gasteiger charge is 2.22. The van der Waals surface area contributed by atoms with Crippen molar-refractivity contribution < 1.29 is 4.79 Å². The molecule has 1 unspecified atom stereocenters. The Bertz CT molecular complexity index is 637. The van der Waals surface area contributed by atoms with Gasteiger partial charge in [0.15, 0.2) is 5.69 Å². The molecule has 6 heteroatoms. The third kappa shape index (κ3) is 3.28. The van der Waals surface area contributed by atoms with Gasteiger partial charge in [0.1, 0.15) is 0 Å². The molecule has 0 saturated carbocycles. The molecule has 1 aliphatic rings. The van der Waals surface area contributed by atoms with E-state index >= 15 is 0 Å². The normalized spacial score (nSPS) is 15.0. The van der Waals surface area contributed by atoms with Gasteiger partial charge in [-0.25, -0.2) is 0 Å². The van der Waals surface area contributed by atoms with E-state index in [2.05, 4.69) is 26.1 Å². The van der Waals surface area contributed by atoms with E-state index < -0.39 is 0 Å². The zero-order valence-corrected chi connectivity index (χ0v) is 12.6. The van der Waals surface area contributed by atoms with Crippen LogP contribution in [0.5, 0.6) is 0 Å². The summed E-state index contributed by atoms with van der Waals surface area (Å²) in [6, 6.07) is 9.96. The maximum atomic E-state index is 12.4. The number of anilines is 1. The SMILES string of the molecule is CC(CNc1ccccc1)NC(=O)c1n[nH]c2c1CNCC2. The van der Waals surface area contributed by atoms with Crippen molar-refractivity contribution in [3.05, 3.63) is 47.3 Å². The lowest BCUT2D eigenvalue weighted by atomic mass is 10.1. The molecule has 2 heterocycles. The molecule has 1 amide bonds. The lowest BCUT2D eigenvalue weighted by Gasteiger charge is -2.16. The Hall–Kier alpha value is -2.34. The van der Waals surface area contributed by atoms with Crippen LogP contribution in [0.25, 0.3) is 0 Å². The van der Waals surface area contributed by atoms with Gasteiger partial charge in [-0.05, 0) is 19.1 Å². The molecule has 22 heavy (non-hydrogen) atoms. The summed E-state index contributed by atoms with van der Waals surface area (Å²) in [4.78, 5) is 12.4. The number of carbonyl (C=O) groups excluding carboxylic acids is 1. The Kier molecular flexibility index (Phi) is 4.39. The maximum absolute atomic E-state index is 12.4. The van der Waals surface area contributed by atoms with E-state index in [1.807, 2.05) is 37.3 Å². The fraction of sp³-hybridized carbons (Fsp3) is 0.375. The Morgan fingerprint density at radius 2 is 2.18 bits per heavy atom. The summed E-state index contributed by atoms with van der Waals surface area (Å²) >= 11 is 0. The van der Waals surface area contributed by atoms with Crippen molar-refractivity contribution in [2.24, 2.45) is 0 Å². The molecule has 1 aliphatic heterocycles. The number of fused-ring (bicyclic) bond motifs is 1. The van der Waals surface area contributed by atoms with Crippen LogP contribution in [0.4, 0.5) is 5.69 Å². The minimum absolute atomic E-state index is 0.0107. The summed E-state index contributed by atoms with van der Waals surface area (Å²) in [5, 5.41) is 16.7. The molecule has 4 N–H and O–H groups in total. The fourth-order valence-electron chi connectivity index (χ4n) is 2.58. The van der Waals surface area contributed by atoms with Gasteiger partial charge in [0.25, 0.3) is 5.91 Å². The molecule has 116 valence electrons. The van der Waals surface area contributed by atoms with Gasteiger partial charge < -0.3 is 16.0 Å². The van der Waals surface area contributed by atoms with Crippen molar-refractivity contribution in [2.45, 2.75) is 25.9 Å². The second kappa shape index (κ2) is 6.62. The Labute approximate surface area is 129 Å². The standard InChI is InChI=1S/C16H21N5O/c1-11(9-18-12-5-3-2-4-6-12)19-16(22)15-13-10-17-8-7-14(13)20-21-15/h2-6,11,17-18H,7-10H2,1H3,(H,19,22)(H,20,21). The molecular weight excluding hydrogens is 278 g/mol. The molecule has 1 aromatic carbocycles. The molecule has 3 rings (SSSR count). The summed E-state index contributed by atoms with van der Waals surface area (Å²) in [6.07, 6.45) is 0.890. The van der Waals surface area contributed by atoms with E-state index in [-0.39, 0.29) is 11.9 Å². The summed E-state index contributed by atoms with van der Waals surface area (Å²) < 4.78 is 0. The van der Waals surface area contributed by atoms with E-state index in [1.54, 1.807) is 0 Å². The van der Waals surface area contributed by atoms with Gasteiger partial charge in [0.05, 0.1) is 0 Å². The molecule has 0 bridgehead atoms. The van der Waals surface area contributed by atoms with Crippen LogP contribution >= 0.6 is 0 Å². The zero-order valence-electron chi connectivity index (χ0n) is 12.6. The number of H-pyrrole nitrogens is 1. The minimum atomic E-state index is -0.122. The predicted octanol–water partition coefficient (Wildman–Crippen LogP) is 1.29. The van der Waals surface area contributed by atoms with Gasteiger partial charge in [-0.15, -0.1) is 0 Å². The first kappa shape index (κ1) is 14.6. The first-order valence-electron chi connectivity index (χ1n) is 7.60. The van der Waals surface area contributed by atoms with Gasteiger partial charge in [-0.1, -0.05) is 18.2 Å². The molecule has 0 radical (unpaired) electrons. The summed E-state index contributed by atoms with van der Waals surface area (Å²) in [6.45, 7) is 4.27. The molecule has 6 nitrogen and oxygen atoms in total. The molecule has 2 aromatic rings. The van der Waals surface area contributed by atoms with Gasteiger partial charge in [-0.3, -0.25) is 9.89 Å². The number of hydrogen-bond acceptors (Lipinski definition) is 4. The van der Waals surface area contributed by atoms with Crippen LogP contribution in [-0.4, -0.2) is 35.2 Å². The average molecular weight is 299 g/mol. The van der Waals surface area contributed by atoms with E-state index in [0.717, 1.165) is 29.9 Å². The highest BCUT2D eigenvalue weighted by atomic mass is 16.2. The number of carbonyl (C=O) groups is 1. The summed E-state index contributed by atoms with van der Waals surface area (Å²) in [5.74, 6) is -0.122. The number of rotatable bonds is 5. The lowest BCUT2D eigenvalue weighted by molar-refractivity contribution is 0.0936. The quantitative estimate of drug-likeness (QED) is 0.670. The molecule has 0 aliphatic carbocycles. The Balaban J connectivity index is 1.56. The third-order valence-electron chi connectivity index (χ3n) is 3.79. The van der Waals surface area contributed by atoms with Crippen molar-refractivity contribution in [2.75, 3.05) is 18.4 Å². The monoisotopic (exact) mass is 299 g/mol. The summed E-state index contributed by atoms with van der Waals surface area (Å²) in [5.41, 5.74) is 3.62. The van der Waals surface area contributed by atoms with Gasteiger partial charge in [0, 0.05) is 49.0 Å². The molecule has 0 spiro atoms. The van der Waals surface area contributed by atoms with Crippen molar-refractivity contribution >= 4 is 11.6 Å². The number of aromatic amines is 1. The molecular formula is C16H21N5O. The van der Waals surface area contributed by atoms with Gasteiger partial charge in [-0.2, -0.15) is 5.10 Å². The van der Waals surface area contributed by atoms with E-state index in [4.69, 9.17) is 0 Å². The third-order valence-corrected chi connectivity index (χ3v) is 3.79. The maximum Gasteiger partial charge on any atom is 0.272 e. The molecule has 0 fully saturated rings. The van der Waals surface area contributed by atoms with Gasteiger partial charge in [0.2, 0.25) is 0 Å². The molecule has 1 aromatic heterocycles. The van der Waals surface area contributed by atoms with Crippen molar-refractivity contribution in [1.82, 2.24) is 20.8 Å². The number of hydrogen-bond donors (Lipinski definition) is 4. The Morgan fingerprint density at radius 3 is 3.00 bits per heavy atom. The summed E-state index contributed by atoms with van der Waals surface area (Å²) in [7, 11) is 0. The van der Waals surface area contributed by atoms with Crippen LogP contribution < -0.4 is 16.0 Å². The van der Waals surface area contributed by atoms with Crippen LogP contribution in [0.15, 0.2) is 30.3 Å². The smallest absolute Gasteiger partial charge is 0.272 e. The molecule has 0 saturated heterocycles. The van der Waals surface area contributed by atoms with Gasteiger partial charge >= 0.3 is 0 Å². The highest BCUT2D eigenvalue weighted by Crippen LogP contribution is 2.15. The number of nitrogens with one attached hydrogen (secondary N) is 4. The van der Waals surface area contributed by atoms with E-state index in [1.165, 1.54) is 0 Å². The minimum Gasteiger partial charge on any atom is -0.383 e. The predicted molar refractivity (Wildman–Crippen MR) is 85.9 cm³/mol. The van der Waals surface area contributed by atoms with Crippen LogP contribution in [0.2, 0.25) is 0 Å².